The van der Waals surface area contributed by atoms with E-state index in [1.54, 1.807) is 0 Å². The van der Waals surface area contributed by atoms with Crippen LogP contribution in [0, 0.1) is 0 Å². The first-order chi connectivity index (χ1) is 23.7. The Morgan fingerprint density at radius 1 is 0.354 bits per heavy atom. The van der Waals surface area contributed by atoms with Crippen LogP contribution in [0.3, 0.4) is 0 Å². The van der Waals surface area contributed by atoms with Crippen molar-refractivity contribution in [1.82, 2.24) is 19.9 Å². The van der Waals surface area contributed by atoms with E-state index in [2.05, 4.69) is 58.5 Å². The van der Waals surface area contributed by atoms with E-state index in [0.717, 1.165) is 148 Å². The molecule has 0 saturated heterocycles. The zero-order valence-corrected chi connectivity index (χ0v) is 31.2. The molecule has 2 aliphatic rings. The molecule has 0 amide bonds. The first kappa shape index (κ1) is 37.0. The number of alkyl halides is 4. The van der Waals surface area contributed by atoms with E-state index >= 15 is 0 Å². The van der Waals surface area contributed by atoms with Crippen LogP contribution < -0.4 is 0 Å². The van der Waals surface area contributed by atoms with Crippen molar-refractivity contribution in [3.05, 3.63) is 69.3 Å². The van der Waals surface area contributed by atoms with Gasteiger partial charge in [-0.3, -0.25) is 0 Å². The van der Waals surface area contributed by atoms with Crippen molar-refractivity contribution in [2.45, 2.75) is 103 Å². The third-order valence-corrected chi connectivity index (χ3v) is 10.5. The first-order valence-electron chi connectivity index (χ1n) is 18.0. The van der Waals surface area contributed by atoms with Crippen molar-refractivity contribution < 1.29 is 0 Å². The standard InChI is InChI=1S/C40H50Cl4N4/c41-25-9-1-5-13-29-33-17-19-35(45-33)30(14-6-2-10-26-42)37-21-23-39(47-37)32(16-8-4-12-28-44)40-24-22-38(48-40)31(15-7-3-11-27-43)36-20-18-34(29)46-36/h17-24,45-46H,1-16,25-28H2. The fourth-order valence-corrected chi connectivity index (χ4v) is 7.54. The lowest BCUT2D eigenvalue weighted by atomic mass is 10.0. The maximum absolute atomic E-state index is 6.05. The Morgan fingerprint density at radius 2 is 0.646 bits per heavy atom. The van der Waals surface area contributed by atoms with Crippen LogP contribution in [0.2, 0.25) is 0 Å². The third-order valence-electron chi connectivity index (χ3n) is 9.43. The molecule has 4 nitrogen and oxygen atoms in total. The lowest BCUT2D eigenvalue weighted by Crippen LogP contribution is -1.97. The van der Waals surface area contributed by atoms with Gasteiger partial charge in [0.2, 0.25) is 0 Å². The molecule has 3 aromatic heterocycles. The highest BCUT2D eigenvalue weighted by Crippen LogP contribution is 2.30. The SMILES string of the molecule is ClCCCCCc1c2nc(c(CCCCCCl)c3ccc([nH]3)c(CCCCCCl)c3ccc([nH]3)c(CCCCCCl)c3nc1C=C3)C=C2. The number of hydrogen-bond donors (Lipinski definition) is 2. The Balaban J connectivity index is 1.75. The maximum atomic E-state index is 6.05. The van der Waals surface area contributed by atoms with Crippen LogP contribution in [-0.4, -0.2) is 43.5 Å². The summed E-state index contributed by atoms with van der Waals surface area (Å²) in [5, 5.41) is 0. The number of hydrogen-bond acceptors (Lipinski definition) is 2. The highest BCUT2D eigenvalue weighted by Gasteiger charge is 2.17. The topological polar surface area (TPSA) is 57.4 Å². The van der Waals surface area contributed by atoms with Gasteiger partial charge < -0.3 is 9.97 Å². The summed E-state index contributed by atoms with van der Waals surface area (Å²) in [6.45, 7) is 0. The van der Waals surface area contributed by atoms with E-state index in [0.29, 0.717) is 23.5 Å². The van der Waals surface area contributed by atoms with Crippen LogP contribution in [0.4, 0.5) is 0 Å². The Morgan fingerprint density at radius 3 is 1.00 bits per heavy atom. The normalized spacial score (nSPS) is 12.4. The molecule has 0 radical (unpaired) electrons. The van der Waals surface area contributed by atoms with Gasteiger partial charge in [0.15, 0.2) is 0 Å². The molecular formula is C40H50Cl4N4. The van der Waals surface area contributed by atoms with Crippen molar-refractivity contribution in [1.29, 1.82) is 0 Å². The summed E-state index contributed by atoms with van der Waals surface area (Å²) in [5.41, 5.74) is 13.8. The summed E-state index contributed by atoms with van der Waals surface area (Å²) in [6.07, 6.45) is 25.3. The second-order valence-corrected chi connectivity index (χ2v) is 14.4. The summed E-state index contributed by atoms with van der Waals surface area (Å²) in [6, 6.07) is 9.00. The monoisotopic (exact) mass is 726 g/mol. The molecule has 48 heavy (non-hydrogen) atoms. The van der Waals surface area contributed by atoms with E-state index < -0.39 is 0 Å². The third kappa shape index (κ3) is 9.93. The fraction of sp³-hybridized carbons (Fsp3) is 0.500. The van der Waals surface area contributed by atoms with Gasteiger partial charge in [0.05, 0.1) is 22.8 Å². The molecular weight excluding hydrogens is 678 g/mol. The van der Waals surface area contributed by atoms with E-state index in [9.17, 15) is 0 Å². The average Bonchev–Trinajstić information content (AvgIpc) is 3.93. The highest BCUT2D eigenvalue weighted by molar-refractivity contribution is 6.18. The van der Waals surface area contributed by atoms with Gasteiger partial charge in [-0.05, 0) is 131 Å². The van der Waals surface area contributed by atoms with Gasteiger partial charge in [-0.15, -0.1) is 46.4 Å². The molecule has 8 heteroatoms. The van der Waals surface area contributed by atoms with Gasteiger partial charge in [0, 0.05) is 62.3 Å². The van der Waals surface area contributed by atoms with Gasteiger partial charge in [-0.2, -0.15) is 0 Å². The molecule has 0 saturated carbocycles. The largest absolute Gasteiger partial charge is 0.355 e. The van der Waals surface area contributed by atoms with Crippen LogP contribution in [0.15, 0.2) is 24.3 Å². The van der Waals surface area contributed by atoms with Crippen molar-refractivity contribution in [2.75, 3.05) is 23.5 Å². The Hall–Kier alpha value is -2.24. The summed E-state index contributed by atoms with van der Waals surface area (Å²) in [5.74, 6) is 2.79. The minimum atomic E-state index is 0.694. The number of nitrogens with zero attached hydrogens (tertiary/aromatic N) is 2. The van der Waals surface area contributed by atoms with E-state index in [-0.39, 0.29) is 0 Å². The molecule has 5 rings (SSSR count). The molecule has 0 aliphatic carbocycles. The van der Waals surface area contributed by atoms with Crippen LogP contribution in [0.1, 0.15) is 122 Å². The molecule has 258 valence electrons. The molecule has 5 heterocycles. The number of halogens is 4. The van der Waals surface area contributed by atoms with Gasteiger partial charge in [-0.25, -0.2) is 9.97 Å². The molecule has 0 aromatic carbocycles. The lowest BCUT2D eigenvalue weighted by molar-refractivity contribution is 0.715. The predicted molar refractivity (Wildman–Crippen MR) is 212 cm³/mol. The van der Waals surface area contributed by atoms with Gasteiger partial charge in [0.1, 0.15) is 0 Å². The maximum Gasteiger partial charge on any atom is 0.0691 e. The van der Waals surface area contributed by atoms with Crippen molar-refractivity contribution >= 4 is 92.8 Å². The number of aromatic nitrogens is 4. The van der Waals surface area contributed by atoms with E-state index in [1.807, 2.05) is 0 Å². The van der Waals surface area contributed by atoms with Crippen LogP contribution in [0.25, 0.3) is 46.4 Å². The smallest absolute Gasteiger partial charge is 0.0691 e. The zero-order chi connectivity index (χ0) is 33.6. The average molecular weight is 729 g/mol. The molecule has 0 atom stereocenters. The van der Waals surface area contributed by atoms with E-state index in [4.69, 9.17) is 56.4 Å². The highest BCUT2D eigenvalue weighted by atomic mass is 35.5. The number of aromatic amines is 2. The van der Waals surface area contributed by atoms with Gasteiger partial charge in [0.25, 0.3) is 0 Å². The summed E-state index contributed by atoms with van der Waals surface area (Å²) >= 11 is 24.2. The predicted octanol–water partition coefficient (Wildman–Crippen LogP) is 12.5. The quantitative estimate of drug-likeness (QED) is 0.0619. The fourth-order valence-electron chi connectivity index (χ4n) is 6.79. The number of rotatable bonds is 20. The second-order valence-electron chi connectivity index (χ2n) is 12.9. The Labute approximate surface area is 306 Å². The minimum absolute atomic E-state index is 0.694. The summed E-state index contributed by atoms with van der Waals surface area (Å²) < 4.78 is 0. The van der Waals surface area contributed by atoms with Gasteiger partial charge in [-0.1, -0.05) is 25.7 Å². The number of nitrogens with one attached hydrogen (secondary N) is 2. The van der Waals surface area contributed by atoms with Crippen LogP contribution in [-0.2, 0) is 25.7 Å². The zero-order valence-electron chi connectivity index (χ0n) is 28.2. The number of fused-ring (bicyclic) bond motifs is 8. The van der Waals surface area contributed by atoms with Gasteiger partial charge >= 0.3 is 0 Å². The van der Waals surface area contributed by atoms with Crippen molar-refractivity contribution in [2.24, 2.45) is 0 Å². The van der Waals surface area contributed by atoms with Crippen molar-refractivity contribution in [3.8, 4) is 0 Å². The molecule has 0 spiro atoms. The second kappa shape index (κ2) is 19.8. The van der Waals surface area contributed by atoms with Crippen LogP contribution in [0.5, 0.6) is 0 Å². The Kier molecular flexibility index (Phi) is 15.3. The summed E-state index contributed by atoms with van der Waals surface area (Å²) in [4.78, 5) is 18.4. The number of unbranched alkanes of at least 4 members (excludes halogenated alkanes) is 8. The lowest BCUT2D eigenvalue weighted by Gasteiger charge is -2.06. The molecule has 0 unspecified atom stereocenters. The van der Waals surface area contributed by atoms with Crippen LogP contribution >= 0.6 is 46.4 Å². The minimum Gasteiger partial charge on any atom is -0.355 e. The van der Waals surface area contributed by atoms with E-state index in [1.165, 1.54) is 22.3 Å². The molecule has 0 fully saturated rings. The molecule has 2 N–H and O–H groups in total. The van der Waals surface area contributed by atoms with Crippen molar-refractivity contribution in [3.63, 3.8) is 0 Å². The molecule has 2 aliphatic heterocycles. The molecule has 8 bridgehead atoms. The Bertz CT molecular complexity index is 1590. The number of H-pyrrole nitrogens is 2. The first-order valence-corrected chi connectivity index (χ1v) is 20.2. The molecule has 3 aromatic rings. The summed E-state index contributed by atoms with van der Waals surface area (Å²) in [7, 11) is 0. The number of aryl methyl sites for hydroxylation is 3.